The highest BCUT2D eigenvalue weighted by Gasteiger charge is 2.32. The number of nitro groups is 1. The number of rotatable bonds is 4. The number of sulfonamides is 1. The van der Waals surface area contributed by atoms with Gasteiger partial charge in [-0.3, -0.25) is 0 Å². The molecule has 0 spiro atoms. The van der Waals surface area contributed by atoms with Gasteiger partial charge in [0.05, 0.1) is 6.10 Å². The van der Waals surface area contributed by atoms with Crippen molar-refractivity contribution in [1.29, 1.82) is 0 Å². The minimum atomic E-state index is -4.08. The van der Waals surface area contributed by atoms with Gasteiger partial charge in [-0.2, -0.15) is 0 Å². The van der Waals surface area contributed by atoms with Crippen molar-refractivity contribution in [2.75, 3.05) is 0 Å². The van der Waals surface area contributed by atoms with Crippen molar-refractivity contribution in [1.82, 2.24) is 4.98 Å². The van der Waals surface area contributed by atoms with Crippen LogP contribution in [0, 0.1) is 10.1 Å². The summed E-state index contributed by atoms with van der Waals surface area (Å²) >= 11 is 0. The van der Waals surface area contributed by atoms with E-state index in [0.717, 1.165) is 25.1 Å². The largest absolute Gasteiger partial charge is 0.481 e. The molecule has 8 nitrogen and oxygen atoms in total. The summed E-state index contributed by atoms with van der Waals surface area (Å²) in [6.45, 7) is 0. The fraction of sp³-hybridized carbons (Fsp3) is 0.375. The van der Waals surface area contributed by atoms with Gasteiger partial charge < -0.3 is 14.9 Å². The smallest absolute Gasteiger partial charge is 0.407 e. The fourth-order valence-corrected chi connectivity index (χ4v) is 1.89. The van der Waals surface area contributed by atoms with Crippen LogP contribution < -0.4 is 9.88 Å². The Morgan fingerprint density at radius 1 is 1.53 bits per heavy atom. The average molecular weight is 259 g/mol. The maximum atomic E-state index is 11.3. The van der Waals surface area contributed by atoms with Crippen LogP contribution in [0.1, 0.15) is 12.8 Å². The molecule has 0 unspecified atom stereocenters. The summed E-state index contributed by atoms with van der Waals surface area (Å²) in [5, 5.41) is 15.7. The molecule has 1 aliphatic rings. The molecule has 2 N–H and O–H groups in total. The van der Waals surface area contributed by atoms with E-state index in [1.807, 2.05) is 0 Å². The molecule has 1 fully saturated rings. The van der Waals surface area contributed by atoms with Crippen molar-refractivity contribution >= 4 is 15.8 Å². The highest BCUT2D eigenvalue weighted by atomic mass is 32.2. The van der Waals surface area contributed by atoms with E-state index in [9.17, 15) is 18.5 Å². The number of primary sulfonamides is 1. The molecule has 1 aromatic heterocycles. The predicted octanol–water partition coefficient (Wildman–Crippen LogP) is 0.178. The zero-order valence-electron chi connectivity index (χ0n) is 8.57. The van der Waals surface area contributed by atoms with Crippen LogP contribution in [0.4, 0.5) is 5.82 Å². The molecule has 9 heteroatoms. The molecule has 1 aromatic rings. The highest BCUT2D eigenvalue weighted by Crippen LogP contribution is 2.36. The third-order valence-corrected chi connectivity index (χ3v) is 3.07. The number of ether oxygens (including phenoxy) is 1. The summed E-state index contributed by atoms with van der Waals surface area (Å²) in [6.07, 6.45) is 2.28. The molecule has 17 heavy (non-hydrogen) atoms. The van der Waals surface area contributed by atoms with Gasteiger partial charge >= 0.3 is 5.82 Å². The molecule has 0 radical (unpaired) electrons. The van der Waals surface area contributed by atoms with Crippen LogP contribution >= 0.6 is 0 Å². The summed E-state index contributed by atoms with van der Waals surface area (Å²) < 4.78 is 27.8. The standard InChI is InChI=1S/C8H9N3O5S/c9-17(14,15)6-3-4-10-8(11(12)13)7(6)16-5-1-2-5/h3-5H,1-2H2,(H2,9,14,15). The van der Waals surface area contributed by atoms with Gasteiger partial charge in [0.1, 0.15) is 11.1 Å². The zero-order valence-corrected chi connectivity index (χ0v) is 9.38. The van der Waals surface area contributed by atoms with Crippen molar-refractivity contribution in [3.63, 3.8) is 0 Å². The highest BCUT2D eigenvalue weighted by molar-refractivity contribution is 7.89. The average Bonchev–Trinajstić information content (AvgIpc) is 3.00. The summed E-state index contributed by atoms with van der Waals surface area (Å²) in [5.74, 6) is -1.01. The van der Waals surface area contributed by atoms with Crippen LogP contribution in [-0.4, -0.2) is 24.4 Å². The van der Waals surface area contributed by atoms with Crippen LogP contribution in [0.25, 0.3) is 0 Å². The zero-order chi connectivity index (χ0) is 12.6. The van der Waals surface area contributed by atoms with Crippen LogP contribution in [0.2, 0.25) is 0 Å². The third kappa shape index (κ3) is 2.50. The number of pyridine rings is 1. The molecule has 0 amide bonds. The number of hydrogen-bond acceptors (Lipinski definition) is 6. The van der Waals surface area contributed by atoms with E-state index in [0.29, 0.717) is 0 Å². The molecule has 0 aromatic carbocycles. The van der Waals surface area contributed by atoms with E-state index in [4.69, 9.17) is 9.88 Å². The van der Waals surface area contributed by atoms with Gasteiger partial charge in [0.2, 0.25) is 15.8 Å². The van der Waals surface area contributed by atoms with E-state index in [1.165, 1.54) is 0 Å². The molecule has 0 bridgehead atoms. The quantitative estimate of drug-likeness (QED) is 0.607. The maximum Gasteiger partial charge on any atom is 0.407 e. The Morgan fingerprint density at radius 2 is 2.18 bits per heavy atom. The Balaban J connectivity index is 2.57. The molecule has 92 valence electrons. The lowest BCUT2D eigenvalue weighted by atomic mass is 10.4. The monoisotopic (exact) mass is 259 g/mol. The molecule has 2 rings (SSSR count). The Bertz CT molecular complexity index is 567. The van der Waals surface area contributed by atoms with Crippen molar-refractivity contribution in [2.24, 2.45) is 5.14 Å². The van der Waals surface area contributed by atoms with Crippen LogP contribution in [0.5, 0.6) is 5.75 Å². The first kappa shape index (κ1) is 11.7. The maximum absolute atomic E-state index is 11.3. The molecular weight excluding hydrogens is 250 g/mol. The van der Waals surface area contributed by atoms with E-state index >= 15 is 0 Å². The number of aromatic nitrogens is 1. The molecule has 0 aliphatic heterocycles. The van der Waals surface area contributed by atoms with Crippen LogP contribution in [-0.2, 0) is 10.0 Å². The van der Waals surface area contributed by atoms with Crippen LogP contribution in [0.15, 0.2) is 17.2 Å². The number of hydrogen-bond donors (Lipinski definition) is 1. The predicted molar refractivity (Wildman–Crippen MR) is 55.9 cm³/mol. The Hall–Kier alpha value is -1.74. The van der Waals surface area contributed by atoms with Gasteiger partial charge in [-0.25, -0.2) is 13.6 Å². The first-order valence-electron chi connectivity index (χ1n) is 4.72. The second kappa shape index (κ2) is 3.93. The lowest BCUT2D eigenvalue weighted by Crippen LogP contribution is -2.15. The topological polar surface area (TPSA) is 125 Å². The van der Waals surface area contributed by atoms with Crippen molar-refractivity contribution < 1.29 is 18.1 Å². The summed E-state index contributed by atoms with van der Waals surface area (Å²) in [4.78, 5) is 13.0. The lowest BCUT2D eigenvalue weighted by molar-refractivity contribution is -0.390. The first-order chi connectivity index (χ1) is 7.89. The van der Waals surface area contributed by atoms with Crippen LogP contribution in [0.3, 0.4) is 0 Å². The lowest BCUT2D eigenvalue weighted by Gasteiger charge is -2.08. The second-order valence-corrected chi connectivity index (χ2v) is 5.11. The first-order valence-corrected chi connectivity index (χ1v) is 6.27. The van der Waals surface area contributed by atoms with Gasteiger partial charge in [-0.1, -0.05) is 0 Å². The summed E-state index contributed by atoms with van der Waals surface area (Å²) in [7, 11) is -4.08. The van der Waals surface area contributed by atoms with E-state index < -0.39 is 25.7 Å². The van der Waals surface area contributed by atoms with Gasteiger partial charge in [-0.05, 0) is 22.7 Å². The van der Waals surface area contributed by atoms with Crippen molar-refractivity contribution in [3.8, 4) is 5.75 Å². The molecule has 1 heterocycles. The summed E-state index contributed by atoms with van der Waals surface area (Å²) in [5.41, 5.74) is 0. The minimum absolute atomic E-state index is 0.196. The fourth-order valence-electron chi connectivity index (χ4n) is 1.24. The third-order valence-electron chi connectivity index (χ3n) is 2.14. The van der Waals surface area contributed by atoms with Gasteiger partial charge in [0.15, 0.2) is 0 Å². The molecule has 1 saturated carbocycles. The molecule has 0 saturated heterocycles. The normalized spacial score (nSPS) is 15.6. The minimum Gasteiger partial charge on any atom is -0.481 e. The summed E-state index contributed by atoms with van der Waals surface area (Å²) in [6, 6.07) is 1.08. The molecular formula is C8H9N3O5S. The van der Waals surface area contributed by atoms with Crippen molar-refractivity contribution in [2.45, 2.75) is 23.8 Å². The van der Waals surface area contributed by atoms with Gasteiger partial charge in [0.25, 0.3) is 0 Å². The molecule has 1 aliphatic carbocycles. The number of nitrogens with zero attached hydrogens (tertiary/aromatic N) is 2. The van der Waals surface area contributed by atoms with E-state index in [2.05, 4.69) is 4.98 Å². The Labute approximate surface area is 96.6 Å². The molecule has 0 atom stereocenters. The van der Waals surface area contributed by atoms with E-state index in [-0.39, 0.29) is 11.9 Å². The van der Waals surface area contributed by atoms with E-state index in [1.54, 1.807) is 0 Å². The van der Waals surface area contributed by atoms with Gasteiger partial charge in [-0.15, -0.1) is 0 Å². The van der Waals surface area contributed by atoms with Gasteiger partial charge in [0, 0.05) is 6.07 Å². The Morgan fingerprint density at radius 3 is 2.65 bits per heavy atom. The second-order valence-electron chi connectivity index (χ2n) is 3.58. The number of nitrogens with two attached hydrogens (primary N) is 1. The van der Waals surface area contributed by atoms with Crippen molar-refractivity contribution in [3.05, 3.63) is 22.4 Å². The SMILES string of the molecule is NS(=O)(=O)c1ccnc([N+](=O)[O-])c1OC1CC1. The Kier molecular flexibility index (Phi) is 2.71.